The monoisotopic (exact) mass is 294 g/mol. The molecule has 2 N–H and O–H groups in total. The van der Waals surface area contributed by atoms with E-state index in [2.05, 4.69) is 29.2 Å². The van der Waals surface area contributed by atoms with Crippen LogP contribution in [0.4, 0.5) is 0 Å². The number of aliphatic hydroxyl groups is 1. The minimum atomic E-state index is -0.302. The number of nitrogens with one attached hydrogen (secondary N) is 1. The van der Waals surface area contributed by atoms with Gasteiger partial charge in [-0.15, -0.1) is 0 Å². The number of likely N-dealkylation sites (tertiary alicyclic amines) is 1. The Kier molecular flexibility index (Phi) is 6.21. The zero-order valence-electron chi connectivity index (χ0n) is 13.6. The lowest BCUT2D eigenvalue weighted by Crippen LogP contribution is -2.42. The molecule has 1 aliphatic rings. The van der Waals surface area contributed by atoms with E-state index in [4.69, 9.17) is 0 Å². The van der Waals surface area contributed by atoms with Gasteiger partial charge in [0.15, 0.2) is 0 Å². The average molecular weight is 294 g/mol. The fourth-order valence-corrected chi connectivity index (χ4v) is 3.00. The van der Waals surface area contributed by atoms with Gasteiger partial charge in [0.05, 0.1) is 12.3 Å². The molecule has 1 saturated heterocycles. The molecule has 1 fully saturated rings. The molecule has 2 rings (SSSR count). The smallest absolute Gasteiger partial charge is 0.0791 e. The van der Waals surface area contributed by atoms with Crippen LogP contribution in [-0.2, 0) is 7.05 Å². The SMILES string of the molecule is CCC(NCC(O)CN1CCC(C)CC1)c1cnn(C)c1. The zero-order chi connectivity index (χ0) is 15.2. The number of nitrogens with zero attached hydrogens (tertiary/aromatic N) is 3. The highest BCUT2D eigenvalue weighted by Crippen LogP contribution is 2.17. The van der Waals surface area contributed by atoms with Gasteiger partial charge in [-0.1, -0.05) is 13.8 Å². The van der Waals surface area contributed by atoms with Crippen molar-refractivity contribution in [3.63, 3.8) is 0 Å². The maximum atomic E-state index is 10.2. The van der Waals surface area contributed by atoms with E-state index in [1.807, 2.05) is 24.1 Å². The van der Waals surface area contributed by atoms with Crippen molar-refractivity contribution in [1.29, 1.82) is 0 Å². The summed E-state index contributed by atoms with van der Waals surface area (Å²) in [6, 6.07) is 0.273. The highest BCUT2D eigenvalue weighted by Gasteiger charge is 2.19. The Balaban J connectivity index is 1.73. The fourth-order valence-electron chi connectivity index (χ4n) is 3.00. The summed E-state index contributed by atoms with van der Waals surface area (Å²) in [7, 11) is 1.93. The zero-order valence-corrected chi connectivity index (χ0v) is 13.6. The van der Waals surface area contributed by atoms with E-state index in [9.17, 15) is 5.11 Å². The van der Waals surface area contributed by atoms with Crippen LogP contribution >= 0.6 is 0 Å². The molecule has 0 amide bonds. The van der Waals surface area contributed by atoms with Crippen molar-refractivity contribution >= 4 is 0 Å². The first-order valence-electron chi connectivity index (χ1n) is 8.20. The van der Waals surface area contributed by atoms with E-state index in [0.29, 0.717) is 6.54 Å². The molecule has 1 aromatic heterocycles. The van der Waals surface area contributed by atoms with Gasteiger partial charge in [0.1, 0.15) is 0 Å². The topological polar surface area (TPSA) is 53.3 Å². The lowest BCUT2D eigenvalue weighted by molar-refractivity contribution is 0.0887. The van der Waals surface area contributed by atoms with Gasteiger partial charge in [-0.05, 0) is 38.3 Å². The van der Waals surface area contributed by atoms with Crippen LogP contribution in [0.1, 0.15) is 44.7 Å². The van der Waals surface area contributed by atoms with E-state index >= 15 is 0 Å². The largest absolute Gasteiger partial charge is 0.390 e. The summed E-state index contributed by atoms with van der Waals surface area (Å²) in [5.41, 5.74) is 1.19. The van der Waals surface area contributed by atoms with E-state index in [0.717, 1.165) is 32.0 Å². The molecule has 2 atom stereocenters. The van der Waals surface area contributed by atoms with Crippen LogP contribution in [0.5, 0.6) is 0 Å². The van der Waals surface area contributed by atoms with Crippen molar-refractivity contribution in [3.8, 4) is 0 Å². The van der Waals surface area contributed by atoms with Gasteiger partial charge >= 0.3 is 0 Å². The summed E-state index contributed by atoms with van der Waals surface area (Å²) in [5, 5.41) is 17.9. The Morgan fingerprint density at radius 1 is 1.43 bits per heavy atom. The van der Waals surface area contributed by atoms with Crippen LogP contribution in [0.15, 0.2) is 12.4 Å². The second-order valence-electron chi connectivity index (χ2n) is 6.45. The molecule has 2 unspecified atom stereocenters. The Labute approximate surface area is 128 Å². The second-order valence-corrected chi connectivity index (χ2v) is 6.45. The molecule has 0 aromatic carbocycles. The van der Waals surface area contributed by atoms with Gasteiger partial charge in [-0.25, -0.2) is 0 Å². The van der Waals surface area contributed by atoms with E-state index in [1.165, 1.54) is 18.4 Å². The predicted molar refractivity (Wildman–Crippen MR) is 85.1 cm³/mol. The van der Waals surface area contributed by atoms with Crippen molar-refractivity contribution in [2.24, 2.45) is 13.0 Å². The molecule has 1 aliphatic heterocycles. The minimum absolute atomic E-state index is 0.273. The number of aliphatic hydroxyl groups excluding tert-OH is 1. The highest BCUT2D eigenvalue weighted by atomic mass is 16.3. The van der Waals surface area contributed by atoms with Crippen molar-refractivity contribution in [2.45, 2.75) is 45.3 Å². The average Bonchev–Trinajstić information content (AvgIpc) is 2.89. The number of aryl methyl sites for hydroxylation is 1. The standard InChI is InChI=1S/C16H30N4O/c1-4-16(14-9-18-19(3)11-14)17-10-15(21)12-20-7-5-13(2)6-8-20/h9,11,13,15-17,21H,4-8,10,12H2,1-3H3. The van der Waals surface area contributed by atoms with E-state index in [1.54, 1.807) is 0 Å². The van der Waals surface area contributed by atoms with Gasteiger partial charge < -0.3 is 15.3 Å². The van der Waals surface area contributed by atoms with Crippen molar-refractivity contribution < 1.29 is 5.11 Å². The third kappa shape index (κ3) is 5.09. The molecule has 0 spiro atoms. The maximum Gasteiger partial charge on any atom is 0.0791 e. The fraction of sp³-hybridized carbons (Fsp3) is 0.812. The van der Waals surface area contributed by atoms with E-state index < -0.39 is 0 Å². The molecule has 1 aromatic rings. The maximum absolute atomic E-state index is 10.2. The second kappa shape index (κ2) is 7.92. The van der Waals surface area contributed by atoms with Gasteiger partial charge in [0.2, 0.25) is 0 Å². The molecule has 21 heavy (non-hydrogen) atoms. The lowest BCUT2D eigenvalue weighted by atomic mass is 9.99. The molecule has 0 bridgehead atoms. The molecule has 0 saturated carbocycles. The first-order chi connectivity index (χ1) is 10.1. The number of hydrogen-bond donors (Lipinski definition) is 2. The van der Waals surface area contributed by atoms with Crippen LogP contribution in [0.25, 0.3) is 0 Å². The molecule has 2 heterocycles. The third-order valence-electron chi connectivity index (χ3n) is 4.48. The number of aromatic nitrogens is 2. The lowest BCUT2D eigenvalue weighted by Gasteiger charge is -2.32. The van der Waals surface area contributed by atoms with Crippen LogP contribution < -0.4 is 5.32 Å². The Hall–Kier alpha value is -0.910. The molecule has 120 valence electrons. The number of hydrogen-bond acceptors (Lipinski definition) is 4. The highest BCUT2D eigenvalue weighted by molar-refractivity contribution is 5.09. The first-order valence-corrected chi connectivity index (χ1v) is 8.20. The molecular formula is C16H30N4O. The summed E-state index contributed by atoms with van der Waals surface area (Å²) in [6.45, 7) is 8.14. The summed E-state index contributed by atoms with van der Waals surface area (Å²) < 4.78 is 1.82. The van der Waals surface area contributed by atoms with Gasteiger partial charge in [-0.2, -0.15) is 5.10 Å². The molecular weight excluding hydrogens is 264 g/mol. The summed E-state index contributed by atoms with van der Waals surface area (Å²) in [5.74, 6) is 0.839. The minimum Gasteiger partial charge on any atom is -0.390 e. The summed E-state index contributed by atoms with van der Waals surface area (Å²) >= 11 is 0. The van der Waals surface area contributed by atoms with Gasteiger partial charge in [0, 0.05) is 37.9 Å². The van der Waals surface area contributed by atoms with Crippen molar-refractivity contribution in [2.75, 3.05) is 26.2 Å². The van der Waals surface area contributed by atoms with Crippen LogP contribution in [0, 0.1) is 5.92 Å². The Bertz CT molecular complexity index is 412. The number of β-amino-alcohol motifs (C(OH)–C–C–N with tert-alkyl or cyclic N) is 1. The van der Waals surface area contributed by atoms with E-state index in [-0.39, 0.29) is 12.1 Å². The number of piperidine rings is 1. The van der Waals surface area contributed by atoms with Gasteiger partial charge in [-0.3, -0.25) is 4.68 Å². The van der Waals surface area contributed by atoms with Crippen LogP contribution in [0.3, 0.4) is 0 Å². The number of rotatable bonds is 7. The normalized spacial score (nSPS) is 20.6. The summed E-state index contributed by atoms with van der Waals surface area (Å²) in [4.78, 5) is 2.39. The Morgan fingerprint density at radius 3 is 2.71 bits per heavy atom. The molecule has 0 aliphatic carbocycles. The first kappa shape index (κ1) is 16.5. The van der Waals surface area contributed by atoms with Crippen LogP contribution in [-0.4, -0.2) is 52.1 Å². The molecule has 0 radical (unpaired) electrons. The van der Waals surface area contributed by atoms with Gasteiger partial charge in [0.25, 0.3) is 0 Å². The summed E-state index contributed by atoms with van der Waals surface area (Å²) in [6.07, 6.45) is 7.16. The predicted octanol–water partition coefficient (Wildman–Crippen LogP) is 1.55. The van der Waals surface area contributed by atoms with Crippen molar-refractivity contribution in [3.05, 3.63) is 18.0 Å². The van der Waals surface area contributed by atoms with Crippen molar-refractivity contribution in [1.82, 2.24) is 20.0 Å². The molecule has 5 nitrogen and oxygen atoms in total. The molecule has 5 heteroatoms. The quantitative estimate of drug-likeness (QED) is 0.801. The Morgan fingerprint density at radius 2 is 2.14 bits per heavy atom. The third-order valence-corrected chi connectivity index (χ3v) is 4.48. The van der Waals surface area contributed by atoms with Crippen LogP contribution in [0.2, 0.25) is 0 Å².